The molecule has 0 aliphatic carbocycles. The molecule has 1 fully saturated rings. The Morgan fingerprint density at radius 3 is 2.67 bits per heavy atom. The second kappa shape index (κ2) is 9.80. The summed E-state index contributed by atoms with van der Waals surface area (Å²) in [5.41, 5.74) is 4.50. The van der Waals surface area contributed by atoms with E-state index in [2.05, 4.69) is 47.3 Å². The van der Waals surface area contributed by atoms with Crippen LogP contribution in [0.4, 0.5) is 24.8 Å². The molecule has 0 bridgehead atoms. The van der Waals surface area contributed by atoms with Gasteiger partial charge in [0.2, 0.25) is 5.95 Å². The largest absolute Gasteiger partial charge is 0.573 e. The zero-order valence-corrected chi connectivity index (χ0v) is 20.9. The van der Waals surface area contributed by atoms with Gasteiger partial charge in [-0.2, -0.15) is 15.4 Å². The Hall–Kier alpha value is -4.26. The Labute approximate surface area is 221 Å². The summed E-state index contributed by atoms with van der Waals surface area (Å²) < 4.78 is 41.0. The molecule has 2 atom stereocenters. The number of hydrogen-bond acceptors (Lipinski definition) is 8. The van der Waals surface area contributed by atoms with Crippen molar-refractivity contribution in [2.45, 2.75) is 51.3 Å². The summed E-state index contributed by atoms with van der Waals surface area (Å²) in [6.07, 6.45) is -1.26. The van der Waals surface area contributed by atoms with E-state index in [1.807, 2.05) is 4.90 Å². The van der Waals surface area contributed by atoms with Crippen LogP contribution in [0.15, 0.2) is 48.7 Å². The van der Waals surface area contributed by atoms with Crippen LogP contribution in [-0.4, -0.2) is 66.1 Å². The molecule has 1 saturated heterocycles. The highest BCUT2D eigenvalue weighted by Crippen LogP contribution is 2.31. The minimum Gasteiger partial charge on any atom is -0.406 e. The van der Waals surface area contributed by atoms with E-state index in [9.17, 15) is 18.0 Å². The van der Waals surface area contributed by atoms with Gasteiger partial charge in [0, 0.05) is 54.7 Å². The molecule has 202 valence electrons. The lowest BCUT2D eigenvalue weighted by molar-refractivity contribution is -0.274. The average Bonchev–Trinajstić information content (AvgIpc) is 3.55. The molecular formula is C26H25F3N8O2. The third kappa shape index (κ3) is 5.35. The van der Waals surface area contributed by atoms with Gasteiger partial charge in [0.15, 0.2) is 0 Å². The van der Waals surface area contributed by atoms with Gasteiger partial charge in [0.05, 0.1) is 5.69 Å². The Balaban J connectivity index is 1.06. The third-order valence-electron chi connectivity index (χ3n) is 7.21. The number of hydrogen-bond donors (Lipinski definition) is 2. The number of benzene rings is 2. The molecule has 6 rings (SSSR count). The number of aromatic amines is 1. The fraction of sp³-hybridized carbons (Fsp3) is 0.346. The first kappa shape index (κ1) is 25.0. The van der Waals surface area contributed by atoms with Crippen molar-refractivity contribution in [2.24, 2.45) is 0 Å². The average molecular weight is 539 g/mol. The SMILES string of the molecule is C[C@H]1C[C@H](N2Cc3cnc(Nc4ccc(OC(F)(F)F)cc4)nc3C2)CCN1C(=O)c1ccc2n[nH]nc2c1. The number of rotatable bonds is 5. The number of fused-ring (bicyclic) bond motifs is 2. The van der Waals surface area contributed by atoms with Gasteiger partial charge in [0.25, 0.3) is 5.91 Å². The maximum Gasteiger partial charge on any atom is 0.573 e. The molecule has 10 nitrogen and oxygen atoms in total. The number of halogens is 3. The summed E-state index contributed by atoms with van der Waals surface area (Å²) in [5.74, 6) is 0.0738. The van der Waals surface area contributed by atoms with Crippen molar-refractivity contribution in [3.05, 3.63) is 65.5 Å². The molecule has 13 heteroatoms. The van der Waals surface area contributed by atoms with E-state index < -0.39 is 6.36 Å². The Bertz CT molecular complexity index is 1510. The summed E-state index contributed by atoms with van der Waals surface area (Å²) in [5, 5.41) is 13.7. The van der Waals surface area contributed by atoms with Crippen LogP contribution in [0.5, 0.6) is 5.75 Å². The third-order valence-corrected chi connectivity index (χ3v) is 7.21. The minimum absolute atomic E-state index is 0.00450. The van der Waals surface area contributed by atoms with Crippen LogP contribution in [0, 0.1) is 0 Å². The molecule has 0 saturated carbocycles. The molecule has 0 spiro atoms. The van der Waals surface area contributed by atoms with E-state index in [0.29, 0.717) is 41.8 Å². The first-order valence-corrected chi connectivity index (χ1v) is 12.5. The Morgan fingerprint density at radius 2 is 1.90 bits per heavy atom. The molecule has 39 heavy (non-hydrogen) atoms. The monoisotopic (exact) mass is 538 g/mol. The summed E-state index contributed by atoms with van der Waals surface area (Å²) in [4.78, 5) is 26.5. The van der Waals surface area contributed by atoms with Crippen LogP contribution >= 0.6 is 0 Å². The van der Waals surface area contributed by atoms with Gasteiger partial charge in [-0.15, -0.1) is 13.2 Å². The number of piperidine rings is 1. The topological polar surface area (TPSA) is 112 Å². The van der Waals surface area contributed by atoms with Gasteiger partial charge in [-0.3, -0.25) is 9.69 Å². The summed E-state index contributed by atoms with van der Waals surface area (Å²) in [6, 6.07) is 11.1. The van der Waals surface area contributed by atoms with Gasteiger partial charge in [-0.1, -0.05) is 0 Å². The lowest BCUT2D eigenvalue weighted by atomic mass is 9.96. The highest BCUT2D eigenvalue weighted by Gasteiger charge is 2.35. The van der Waals surface area contributed by atoms with E-state index in [-0.39, 0.29) is 17.7 Å². The number of carbonyl (C=O) groups is 1. The van der Waals surface area contributed by atoms with Crippen LogP contribution in [0.1, 0.15) is 41.4 Å². The minimum atomic E-state index is -4.74. The van der Waals surface area contributed by atoms with Gasteiger partial charge in [-0.05, 0) is 62.2 Å². The molecule has 4 aromatic rings. The lowest BCUT2D eigenvalue weighted by Gasteiger charge is -2.41. The molecule has 0 unspecified atom stereocenters. The van der Waals surface area contributed by atoms with E-state index in [1.165, 1.54) is 24.3 Å². The number of anilines is 2. The molecule has 0 radical (unpaired) electrons. The van der Waals surface area contributed by atoms with Gasteiger partial charge in [-0.25, -0.2) is 9.97 Å². The predicted octanol–water partition coefficient (Wildman–Crippen LogP) is 4.40. The molecule has 2 N–H and O–H groups in total. The fourth-order valence-electron chi connectivity index (χ4n) is 5.29. The second-order valence-corrected chi connectivity index (χ2v) is 9.82. The zero-order chi connectivity index (χ0) is 27.1. The van der Waals surface area contributed by atoms with Gasteiger partial charge in [0.1, 0.15) is 16.8 Å². The van der Waals surface area contributed by atoms with Crippen LogP contribution in [0.2, 0.25) is 0 Å². The van der Waals surface area contributed by atoms with E-state index in [1.54, 1.807) is 24.4 Å². The van der Waals surface area contributed by atoms with E-state index in [0.717, 1.165) is 36.2 Å². The quantitative estimate of drug-likeness (QED) is 0.385. The predicted molar refractivity (Wildman–Crippen MR) is 135 cm³/mol. The zero-order valence-electron chi connectivity index (χ0n) is 20.9. The number of H-pyrrole nitrogens is 1. The molecule has 2 aromatic carbocycles. The smallest absolute Gasteiger partial charge is 0.406 e. The maximum absolute atomic E-state index is 13.2. The van der Waals surface area contributed by atoms with Crippen LogP contribution in [-0.2, 0) is 13.1 Å². The van der Waals surface area contributed by atoms with Crippen LogP contribution in [0.25, 0.3) is 11.0 Å². The number of carbonyl (C=O) groups excluding carboxylic acids is 1. The number of nitrogens with one attached hydrogen (secondary N) is 2. The van der Waals surface area contributed by atoms with Crippen molar-refractivity contribution in [1.29, 1.82) is 0 Å². The Kier molecular flexibility index (Phi) is 6.29. The standard InChI is InChI=1S/C26H25F3N8O2/c1-15-10-19(8-9-37(15)24(38)16-2-7-21-22(11-16)34-35-33-21)36-13-17-12-30-25(32-23(17)14-36)31-18-3-5-20(6-4-18)39-26(27,28)29/h2-7,11-12,15,19H,8-10,13-14H2,1H3,(H,30,31,32)(H,33,34,35)/t15-,19+/m0/s1. The van der Waals surface area contributed by atoms with Gasteiger partial charge >= 0.3 is 6.36 Å². The first-order chi connectivity index (χ1) is 18.7. The molecule has 2 aliphatic rings. The van der Waals surface area contributed by atoms with E-state index in [4.69, 9.17) is 0 Å². The number of nitrogens with zero attached hydrogens (tertiary/aromatic N) is 6. The number of likely N-dealkylation sites (tertiary alicyclic amines) is 1. The molecule has 4 heterocycles. The first-order valence-electron chi connectivity index (χ1n) is 12.5. The van der Waals surface area contributed by atoms with Crippen LogP contribution < -0.4 is 10.1 Å². The molecule has 2 aromatic heterocycles. The summed E-state index contributed by atoms with van der Waals surface area (Å²) in [6.45, 7) is 4.13. The van der Waals surface area contributed by atoms with Crippen molar-refractivity contribution in [3.63, 3.8) is 0 Å². The van der Waals surface area contributed by atoms with Crippen molar-refractivity contribution in [2.75, 3.05) is 11.9 Å². The highest BCUT2D eigenvalue weighted by molar-refractivity contribution is 5.97. The summed E-state index contributed by atoms with van der Waals surface area (Å²) >= 11 is 0. The number of aromatic nitrogens is 5. The van der Waals surface area contributed by atoms with Crippen LogP contribution in [0.3, 0.4) is 0 Å². The second-order valence-electron chi connectivity index (χ2n) is 9.82. The highest BCUT2D eigenvalue weighted by atomic mass is 19.4. The van der Waals surface area contributed by atoms with Gasteiger partial charge < -0.3 is 15.0 Å². The molecule has 2 aliphatic heterocycles. The van der Waals surface area contributed by atoms with E-state index >= 15 is 0 Å². The Morgan fingerprint density at radius 1 is 1.10 bits per heavy atom. The van der Waals surface area contributed by atoms with Crippen molar-refractivity contribution in [3.8, 4) is 5.75 Å². The van der Waals surface area contributed by atoms with Crippen molar-refractivity contribution >= 4 is 28.6 Å². The molecule has 1 amide bonds. The lowest BCUT2D eigenvalue weighted by Crippen LogP contribution is -2.50. The fourth-order valence-corrected chi connectivity index (χ4v) is 5.29. The normalized spacial score (nSPS) is 19.7. The number of alkyl halides is 3. The van der Waals surface area contributed by atoms with Crippen molar-refractivity contribution < 1.29 is 22.7 Å². The number of ether oxygens (including phenoxy) is 1. The molecular weight excluding hydrogens is 513 g/mol. The summed E-state index contributed by atoms with van der Waals surface area (Å²) in [7, 11) is 0. The maximum atomic E-state index is 13.2. The number of amides is 1. The van der Waals surface area contributed by atoms with Crippen molar-refractivity contribution in [1.82, 2.24) is 35.2 Å².